The van der Waals surface area contributed by atoms with Crippen LogP contribution in [0.25, 0.3) is 10.9 Å². The standard InChI is InChI=1S/C17H18N6O2/c1-10(2)20-16-15(23(24)25)17(19-9-18-16)22-13-6-4-5-12-8-7-11(3)21-14(12)13/h4-10H,1-3H3,(H2,18,19,20,22). The second kappa shape index (κ2) is 6.68. The molecule has 0 atom stereocenters. The quantitative estimate of drug-likeness (QED) is 0.538. The fourth-order valence-electron chi connectivity index (χ4n) is 2.50. The highest BCUT2D eigenvalue weighted by molar-refractivity contribution is 5.93. The maximum atomic E-state index is 11.6. The predicted molar refractivity (Wildman–Crippen MR) is 97.2 cm³/mol. The Morgan fingerprint density at radius 2 is 1.88 bits per heavy atom. The van der Waals surface area contributed by atoms with Gasteiger partial charge in [-0.3, -0.25) is 15.1 Å². The molecule has 8 nitrogen and oxygen atoms in total. The van der Waals surface area contributed by atoms with Crippen LogP contribution in [0.3, 0.4) is 0 Å². The van der Waals surface area contributed by atoms with Crippen molar-refractivity contribution in [2.24, 2.45) is 0 Å². The van der Waals surface area contributed by atoms with Crippen molar-refractivity contribution in [3.8, 4) is 0 Å². The molecule has 0 fully saturated rings. The summed E-state index contributed by atoms with van der Waals surface area (Å²) in [7, 11) is 0. The highest BCUT2D eigenvalue weighted by Gasteiger charge is 2.24. The van der Waals surface area contributed by atoms with Crippen LogP contribution in [0.4, 0.5) is 23.0 Å². The Balaban J connectivity index is 2.09. The zero-order chi connectivity index (χ0) is 18.0. The molecule has 1 aromatic carbocycles. The maximum absolute atomic E-state index is 11.6. The molecule has 2 aromatic heterocycles. The first-order chi connectivity index (χ1) is 12.0. The number of hydrogen-bond acceptors (Lipinski definition) is 7. The lowest BCUT2D eigenvalue weighted by atomic mass is 10.1. The van der Waals surface area contributed by atoms with Gasteiger partial charge in [-0.25, -0.2) is 9.97 Å². The third-order valence-electron chi connectivity index (χ3n) is 3.54. The normalized spacial score (nSPS) is 10.9. The minimum atomic E-state index is -0.489. The summed E-state index contributed by atoms with van der Waals surface area (Å²) in [6.07, 6.45) is 1.30. The maximum Gasteiger partial charge on any atom is 0.353 e. The minimum absolute atomic E-state index is 0.00308. The van der Waals surface area contributed by atoms with Crippen molar-refractivity contribution < 1.29 is 4.92 Å². The summed E-state index contributed by atoms with van der Waals surface area (Å²) in [5.41, 5.74) is 2.05. The van der Waals surface area contributed by atoms with Crippen molar-refractivity contribution in [3.63, 3.8) is 0 Å². The van der Waals surface area contributed by atoms with Crippen molar-refractivity contribution in [1.82, 2.24) is 15.0 Å². The Kier molecular flexibility index (Phi) is 4.42. The molecular formula is C17H18N6O2. The third-order valence-corrected chi connectivity index (χ3v) is 3.54. The first-order valence-corrected chi connectivity index (χ1v) is 7.85. The molecule has 2 heterocycles. The van der Waals surface area contributed by atoms with E-state index in [-0.39, 0.29) is 23.4 Å². The molecule has 0 bridgehead atoms. The van der Waals surface area contributed by atoms with Gasteiger partial charge in [0.2, 0.25) is 11.6 Å². The molecule has 0 saturated carbocycles. The van der Waals surface area contributed by atoms with Gasteiger partial charge < -0.3 is 10.6 Å². The van der Waals surface area contributed by atoms with Gasteiger partial charge in [-0.05, 0) is 32.9 Å². The molecule has 0 aliphatic carbocycles. The Labute approximate surface area is 144 Å². The van der Waals surface area contributed by atoms with E-state index < -0.39 is 4.92 Å². The number of aromatic nitrogens is 3. The average molecular weight is 338 g/mol. The molecule has 0 saturated heterocycles. The van der Waals surface area contributed by atoms with Gasteiger partial charge in [-0.15, -0.1) is 0 Å². The van der Waals surface area contributed by atoms with Gasteiger partial charge in [0.1, 0.15) is 6.33 Å². The van der Waals surface area contributed by atoms with E-state index in [1.165, 1.54) is 6.33 Å². The van der Waals surface area contributed by atoms with Crippen LogP contribution < -0.4 is 10.6 Å². The van der Waals surface area contributed by atoms with Gasteiger partial charge in [0.25, 0.3) is 0 Å². The van der Waals surface area contributed by atoms with E-state index in [0.29, 0.717) is 5.69 Å². The Morgan fingerprint density at radius 1 is 1.12 bits per heavy atom. The summed E-state index contributed by atoms with van der Waals surface area (Å²) in [5.74, 6) is 0.306. The van der Waals surface area contributed by atoms with Crippen LogP contribution in [-0.4, -0.2) is 25.9 Å². The molecule has 0 spiro atoms. The van der Waals surface area contributed by atoms with Crippen molar-refractivity contribution >= 4 is 33.9 Å². The van der Waals surface area contributed by atoms with Crippen LogP contribution in [0.2, 0.25) is 0 Å². The molecule has 8 heteroatoms. The third kappa shape index (κ3) is 3.47. The first-order valence-electron chi connectivity index (χ1n) is 7.85. The van der Waals surface area contributed by atoms with Crippen LogP contribution in [0.1, 0.15) is 19.5 Å². The lowest BCUT2D eigenvalue weighted by molar-refractivity contribution is -0.383. The smallest absolute Gasteiger partial charge is 0.353 e. The van der Waals surface area contributed by atoms with Crippen molar-refractivity contribution in [2.75, 3.05) is 10.6 Å². The lowest BCUT2D eigenvalue weighted by Crippen LogP contribution is -2.14. The summed E-state index contributed by atoms with van der Waals surface area (Å²) in [6.45, 7) is 5.67. The van der Waals surface area contributed by atoms with Gasteiger partial charge >= 0.3 is 5.69 Å². The number of para-hydroxylation sites is 1. The number of pyridine rings is 1. The Bertz CT molecular complexity index is 942. The monoisotopic (exact) mass is 338 g/mol. The Hall–Kier alpha value is -3.29. The molecule has 3 rings (SSSR count). The van der Waals surface area contributed by atoms with Gasteiger partial charge in [0, 0.05) is 17.1 Å². The van der Waals surface area contributed by atoms with Crippen molar-refractivity contribution in [1.29, 1.82) is 0 Å². The largest absolute Gasteiger partial charge is 0.362 e. The molecule has 25 heavy (non-hydrogen) atoms. The fraction of sp³-hybridized carbons (Fsp3) is 0.235. The highest BCUT2D eigenvalue weighted by Crippen LogP contribution is 2.33. The van der Waals surface area contributed by atoms with E-state index in [1.807, 2.05) is 51.1 Å². The first kappa shape index (κ1) is 16.6. The van der Waals surface area contributed by atoms with Crippen LogP contribution in [0.15, 0.2) is 36.7 Å². The number of fused-ring (bicyclic) bond motifs is 1. The molecule has 3 aromatic rings. The van der Waals surface area contributed by atoms with Gasteiger partial charge in [-0.1, -0.05) is 18.2 Å². The molecule has 2 N–H and O–H groups in total. The lowest BCUT2D eigenvalue weighted by Gasteiger charge is -2.13. The SMILES string of the molecule is Cc1ccc2cccc(Nc3ncnc(NC(C)C)c3[N+](=O)[O-])c2n1. The van der Waals surface area contributed by atoms with Gasteiger partial charge in [0.05, 0.1) is 16.1 Å². The summed E-state index contributed by atoms with van der Waals surface area (Å²) < 4.78 is 0. The summed E-state index contributed by atoms with van der Waals surface area (Å²) >= 11 is 0. The number of nitrogens with zero attached hydrogens (tertiary/aromatic N) is 4. The molecule has 128 valence electrons. The van der Waals surface area contributed by atoms with E-state index in [4.69, 9.17) is 0 Å². The molecule has 0 aliphatic rings. The van der Waals surface area contributed by atoms with Crippen LogP contribution in [0.5, 0.6) is 0 Å². The second-order valence-electron chi connectivity index (χ2n) is 5.93. The zero-order valence-electron chi connectivity index (χ0n) is 14.1. The zero-order valence-corrected chi connectivity index (χ0v) is 14.1. The van der Waals surface area contributed by atoms with Crippen LogP contribution in [-0.2, 0) is 0 Å². The van der Waals surface area contributed by atoms with Crippen molar-refractivity contribution in [2.45, 2.75) is 26.8 Å². The number of aryl methyl sites for hydroxylation is 1. The molecular weight excluding hydrogens is 320 g/mol. The van der Waals surface area contributed by atoms with E-state index in [2.05, 4.69) is 25.6 Å². The highest BCUT2D eigenvalue weighted by atomic mass is 16.6. The van der Waals surface area contributed by atoms with Crippen LogP contribution >= 0.6 is 0 Å². The van der Waals surface area contributed by atoms with E-state index >= 15 is 0 Å². The Morgan fingerprint density at radius 3 is 2.60 bits per heavy atom. The molecule has 0 unspecified atom stereocenters. The fourth-order valence-corrected chi connectivity index (χ4v) is 2.50. The molecule has 0 radical (unpaired) electrons. The van der Waals surface area contributed by atoms with Crippen molar-refractivity contribution in [3.05, 3.63) is 52.5 Å². The topological polar surface area (TPSA) is 106 Å². The number of nitrogens with one attached hydrogen (secondary N) is 2. The number of rotatable bonds is 5. The van der Waals surface area contributed by atoms with Crippen LogP contribution in [0, 0.1) is 17.0 Å². The summed E-state index contributed by atoms with van der Waals surface area (Å²) in [5, 5.41) is 18.5. The summed E-state index contributed by atoms with van der Waals surface area (Å²) in [6, 6.07) is 9.50. The average Bonchev–Trinajstić information content (AvgIpc) is 2.54. The van der Waals surface area contributed by atoms with Gasteiger partial charge in [-0.2, -0.15) is 0 Å². The van der Waals surface area contributed by atoms with Gasteiger partial charge in [0.15, 0.2) is 0 Å². The number of benzene rings is 1. The van der Waals surface area contributed by atoms with E-state index in [9.17, 15) is 10.1 Å². The second-order valence-corrected chi connectivity index (χ2v) is 5.93. The predicted octanol–water partition coefficient (Wildman–Crippen LogP) is 3.81. The van der Waals surface area contributed by atoms with E-state index in [0.717, 1.165) is 16.6 Å². The molecule has 0 aliphatic heterocycles. The number of nitro groups is 1. The number of anilines is 3. The minimum Gasteiger partial charge on any atom is -0.362 e. The van der Waals surface area contributed by atoms with E-state index in [1.54, 1.807) is 0 Å². The summed E-state index contributed by atoms with van der Waals surface area (Å²) in [4.78, 5) is 23.7. The number of hydrogen-bond donors (Lipinski definition) is 2. The molecule has 0 amide bonds.